The molecule has 0 amide bonds. The zero-order valence-electron chi connectivity index (χ0n) is 15.8. The third-order valence-corrected chi connectivity index (χ3v) is 4.33. The van der Waals surface area contributed by atoms with Gasteiger partial charge in [-0.05, 0) is 38.1 Å². The second kappa shape index (κ2) is 7.47. The first-order valence-electron chi connectivity index (χ1n) is 8.54. The van der Waals surface area contributed by atoms with Gasteiger partial charge < -0.3 is 10.1 Å². The Balaban J connectivity index is 2.51. The summed E-state index contributed by atoms with van der Waals surface area (Å²) in [6.07, 6.45) is 2.26. The smallest absolute Gasteiger partial charge is 0.416 e. The van der Waals surface area contributed by atoms with Gasteiger partial charge in [-0.15, -0.1) is 6.42 Å². The first kappa shape index (κ1) is 20.2. The van der Waals surface area contributed by atoms with Crippen LogP contribution in [0.4, 0.5) is 19.0 Å². The van der Waals surface area contributed by atoms with Crippen LogP contribution in [-0.4, -0.2) is 27.7 Å². The van der Waals surface area contributed by atoms with Crippen LogP contribution in [0.2, 0.25) is 0 Å². The van der Waals surface area contributed by atoms with Crippen molar-refractivity contribution in [1.82, 2.24) is 14.5 Å². The molecule has 3 rings (SSSR count). The molecule has 0 aliphatic carbocycles. The van der Waals surface area contributed by atoms with Crippen molar-refractivity contribution >= 4 is 16.7 Å². The van der Waals surface area contributed by atoms with Crippen LogP contribution < -0.4 is 15.7 Å². The number of fused-ring (bicyclic) bond motifs is 1. The number of anilines is 1. The Hall–Kier alpha value is -3.54. The van der Waals surface area contributed by atoms with Gasteiger partial charge in [-0.2, -0.15) is 18.2 Å². The van der Waals surface area contributed by atoms with Gasteiger partial charge in [-0.25, -0.2) is 4.79 Å². The number of pyridine rings is 1. The summed E-state index contributed by atoms with van der Waals surface area (Å²) in [5.41, 5.74) is -1.00. The minimum absolute atomic E-state index is 0.0282. The fraction of sp³-hybridized carbons (Fsp3) is 0.250. The molecule has 1 atom stereocenters. The van der Waals surface area contributed by atoms with Gasteiger partial charge in [0.05, 0.1) is 41.0 Å². The average Bonchev–Trinajstić information content (AvgIpc) is 2.67. The third kappa shape index (κ3) is 3.74. The molecule has 1 aromatic carbocycles. The summed E-state index contributed by atoms with van der Waals surface area (Å²) in [7, 11) is 1.24. The molecule has 9 heteroatoms. The van der Waals surface area contributed by atoms with Crippen molar-refractivity contribution in [2.45, 2.75) is 26.1 Å². The monoisotopic (exact) mass is 402 g/mol. The van der Waals surface area contributed by atoms with Gasteiger partial charge in [-0.1, -0.05) is 5.92 Å². The summed E-state index contributed by atoms with van der Waals surface area (Å²) in [6.45, 7) is 3.30. The lowest BCUT2D eigenvalue weighted by Gasteiger charge is -2.19. The molecule has 0 spiro atoms. The number of rotatable bonds is 4. The highest BCUT2D eigenvalue weighted by Gasteiger charge is 2.33. The quantitative estimate of drug-likeness (QED) is 0.676. The average molecular weight is 402 g/mol. The molecule has 29 heavy (non-hydrogen) atoms. The standard InChI is InChI=1S/C20H17F3N4O2/c1-5-11(2)25-18-17-15(9-13(20(21,22)23)10-16(17)29-4)27(19(28)26-18)14-7-6-8-24-12(14)3/h1,6-11H,2-4H3,(H,25,26,28). The summed E-state index contributed by atoms with van der Waals surface area (Å²) in [6, 6.07) is 4.39. The largest absolute Gasteiger partial charge is 0.496 e. The van der Waals surface area contributed by atoms with Gasteiger partial charge in [0.25, 0.3) is 0 Å². The second-order valence-corrected chi connectivity index (χ2v) is 6.29. The van der Waals surface area contributed by atoms with Crippen molar-refractivity contribution in [3.63, 3.8) is 0 Å². The molecule has 3 aromatic rings. The second-order valence-electron chi connectivity index (χ2n) is 6.29. The Morgan fingerprint density at radius 2 is 2.07 bits per heavy atom. The number of alkyl halides is 3. The van der Waals surface area contributed by atoms with Crippen LogP contribution in [0.1, 0.15) is 18.2 Å². The normalized spacial score (nSPS) is 12.4. The van der Waals surface area contributed by atoms with Crippen LogP contribution >= 0.6 is 0 Å². The highest BCUT2D eigenvalue weighted by atomic mass is 19.4. The molecule has 0 aliphatic heterocycles. The molecule has 0 radical (unpaired) electrons. The van der Waals surface area contributed by atoms with Crippen LogP contribution in [0.3, 0.4) is 0 Å². The fourth-order valence-electron chi connectivity index (χ4n) is 2.94. The van der Waals surface area contributed by atoms with E-state index in [9.17, 15) is 18.0 Å². The summed E-state index contributed by atoms with van der Waals surface area (Å²) < 4.78 is 46.8. The lowest BCUT2D eigenvalue weighted by molar-refractivity contribution is -0.137. The topological polar surface area (TPSA) is 69.0 Å². The Bertz CT molecular complexity index is 1180. The first-order chi connectivity index (χ1) is 13.7. The number of methoxy groups -OCH3 is 1. The van der Waals surface area contributed by atoms with E-state index in [-0.39, 0.29) is 22.5 Å². The third-order valence-electron chi connectivity index (χ3n) is 4.33. The maximum absolute atomic E-state index is 13.5. The lowest BCUT2D eigenvalue weighted by Crippen LogP contribution is -2.26. The van der Waals surface area contributed by atoms with E-state index in [1.807, 2.05) is 0 Å². The number of terminal acetylenes is 1. The van der Waals surface area contributed by atoms with E-state index in [1.165, 1.54) is 13.3 Å². The highest BCUT2D eigenvalue weighted by molar-refractivity contribution is 5.96. The molecular weight excluding hydrogens is 385 g/mol. The van der Waals surface area contributed by atoms with Crippen molar-refractivity contribution in [3.8, 4) is 23.8 Å². The summed E-state index contributed by atoms with van der Waals surface area (Å²) in [4.78, 5) is 21.0. The summed E-state index contributed by atoms with van der Waals surface area (Å²) >= 11 is 0. The van der Waals surface area contributed by atoms with Crippen molar-refractivity contribution in [1.29, 1.82) is 0 Å². The maximum atomic E-state index is 13.5. The predicted octanol–water partition coefficient (Wildman–Crippen LogP) is 3.55. The van der Waals surface area contributed by atoms with Gasteiger partial charge >= 0.3 is 11.9 Å². The van der Waals surface area contributed by atoms with Gasteiger partial charge in [0.2, 0.25) is 0 Å². The molecule has 2 aromatic heterocycles. The predicted molar refractivity (Wildman–Crippen MR) is 103 cm³/mol. The van der Waals surface area contributed by atoms with Crippen LogP contribution in [0, 0.1) is 19.3 Å². The molecule has 0 bridgehead atoms. The minimum Gasteiger partial charge on any atom is -0.496 e. The van der Waals surface area contributed by atoms with Crippen molar-refractivity contribution in [2.24, 2.45) is 0 Å². The van der Waals surface area contributed by atoms with E-state index in [2.05, 4.69) is 21.2 Å². The molecule has 0 aliphatic rings. The highest BCUT2D eigenvalue weighted by Crippen LogP contribution is 2.39. The molecule has 1 N–H and O–H groups in total. The SMILES string of the molecule is C#CC(C)Nc1nc(=O)n(-c2cccnc2C)c2cc(C(F)(F)F)cc(OC)c12. The van der Waals surface area contributed by atoms with Crippen molar-refractivity contribution < 1.29 is 17.9 Å². The van der Waals surface area contributed by atoms with E-state index < -0.39 is 23.5 Å². The Kier molecular flexibility index (Phi) is 5.20. The van der Waals surface area contributed by atoms with Gasteiger partial charge in [0, 0.05) is 6.20 Å². The summed E-state index contributed by atoms with van der Waals surface area (Å²) in [5, 5.41) is 3.06. The number of halogens is 3. The Labute approximate surface area is 164 Å². The zero-order chi connectivity index (χ0) is 21.3. The van der Waals surface area contributed by atoms with E-state index in [0.29, 0.717) is 11.4 Å². The van der Waals surface area contributed by atoms with Gasteiger partial charge in [0.15, 0.2) is 0 Å². The molecule has 0 fully saturated rings. The molecule has 1 unspecified atom stereocenters. The number of ether oxygens (including phenoxy) is 1. The fourth-order valence-corrected chi connectivity index (χ4v) is 2.94. The molecule has 0 saturated heterocycles. The van der Waals surface area contributed by atoms with E-state index in [1.54, 1.807) is 26.0 Å². The number of hydrogen-bond acceptors (Lipinski definition) is 5. The first-order valence-corrected chi connectivity index (χ1v) is 8.54. The lowest BCUT2D eigenvalue weighted by atomic mass is 10.1. The van der Waals surface area contributed by atoms with Gasteiger partial charge in [-0.3, -0.25) is 9.55 Å². The van der Waals surface area contributed by atoms with E-state index >= 15 is 0 Å². The van der Waals surface area contributed by atoms with Crippen molar-refractivity contribution in [3.05, 3.63) is 52.2 Å². The molecular formula is C20H17F3N4O2. The van der Waals surface area contributed by atoms with E-state index in [0.717, 1.165) is 16.7 Å². The number of hydrogen-bond donors (Lipinski definition) is 1. The number of aromatic nitrogens is 3. The van der Waals surface area contributed by atoms with Crippen LogP contribution in [0.25, 0.3) is 16.6 Å². The molecule has 0 saturated carbocycles. The number of aryl methyl sites for hydroxylation is 1. The Morgan fingerprint density at radius 1 is 1.34 bits per heavy atom. The maximum Gasteiger partial charge on any atom is 0.416 e. The number of benzene rings is 1. The molecule has 150 valence electrons. The van der Waals surface area contributed by atoms with Crippen LogP contribution in [0.15, 0.2) is 35.3 Å². The minimum atomic E-state index is -4.64. The van der Waals surface area contributed by atoms with Crippen LogP contribution in [0.5, 0.6) is 5.75 Å². The Morgan fingerprint density at radius 3 is 2.66 bits per heavy atom. The van der Waals surface area contributed by atoms with Crippen LogP contribution in [-0.2, 0) is 6.18 Å². The molecule has 6 nitrogen and oxygen atoms in total. The summed E-state index contributed by atoms with van der Waals surface area (Å²) in [5.74, 6) is 2.38. The van der Waals surface area contributed by atoms with Crippen molar-refractivity contribution in [2.75, 3.05) is 12.4 Å². The zero-order valence-corrected chi connectivity index (χ0v) is 15.8. The van der Waals surface area contributed by atoms with Gasteiger partial charge in [0.1, 0.15) is 11.6 Å². The number of nitrogens with zero attached hydrogens (tertiary/aromatic N) is 3. The van der Waals surface area contributed by atoms with E-state index in [4.69, 9.17) is 11.2 Å². The number of nitrogens with one attached hydrogen (secondary N) is 1. The molecule has 2 heterocycles.